The molecular weight excluding hydrogens is 316 g/mol. The van der Waals surface area contributed by atoms with Gasteiger partial charge in [0.25, 0.3) is 0 Å². The fraction of sp³-hybridized carbons (Fsp3) is 0.529. The number of benzene rings is 1. The number of halogens is 2. The fourth-order valence-corrected chi connectivity index (χ4v) is 2.91. The monoisotopic (exact) mass is 339 g/mol. The van der Waals surface area contributed by atoms with Crippen LogP contribution in [0.15, 0.2) is 18.2 Å². The van der Waals surface area contributed by atoms with Crippen LogP contribution in [0.25, 0.3) is 0 Å². The van der Waals surface area contributed by atoms with Gasteiger partial charge in [-0.25, -0.2) is 8.78 Å². The molecule has 1 saturated heterocycles. The summed E-state index contributed by atoms with van der Waals surface area (Å²) in [5, 5.41) is 2.61. The van der Waals surface area contributed by atoms with Crippen molar-refractivity contribution in [1.82, 2.24) is 15.1 Å². The molecule has 1 aromatic carbocycles. The van der Waals surface area contributed by atoms with Crippen molar-refractivity contribution in [3.05, 3.63) is 35.4 Å². The summed E-state index contributed by atoms with van der Waals surface area (Å²) >= 11 is 0. The Morgan fingerprint density at radius 3 is 2.33 bits per heavy atom. The van der Waals surface area contributed by atoms with Crippen LogP contribution in [-0.4, -0.2) is 55.3 Å². The summed E-state index contributed by atoms with van der Waals surface area (Å²) in [6.07, 6.45) is 2.20. The molecule has 1 N–H and O–H groups in total. The second-order valence-electron chi connectivity index (χ2n) is 6.13. The molecule has 1 aromatic rings. The summed E-state index contributed by atoms with van der Waals surface area (Å²) in [5.74, 6) is -2.07. The Bertz CT molecular complexity index is 581. The SMILES string of the molecule is CN(C)[C@H](C(=O)NCCC(=O)N1CCCC1)c1c(F)cccc1F. The topological polar surface area (TPSA) is 52.7 Å². The first kappa shape index (κ1) is 18.3. The molecule has 0 radical (unpaired) electrons. The molecule has 0 saturated carbocycles. The van der Waals surface area contributed by atoms with E-state index in [0.717, 1.165) is 38.1 Å². The Morgan fingerprint density at radius 2 is 1.79 bits per heavy atom. The van der Waals surface area contributed by atoms with Gasteiger partial charge in [0.15, 0.2) is 0 Å². The van der Waals surface area contributed by atoms with Gasteiger partial charge in [0.05, 0.1) is 5.56 Å². The third kappa shape index (κ3) is 4.29. The van der Waals surface area contributed by atoms with Gasteiger partial charge in [-0.3, -0.25) is 14.5 Å². The molecule has 1 heterocycles. The molecule has 0 unspecified atom stereocenters. The molecule has 0 aromatic heterocycles. The Hall–Kier alpha value is -2.02. The van der Waals surface area contributed by atoms with Gasteiger partial charge < -0.3 is 10.2 Å². The van der Waals surface area contributed by atoms with E-state index < -0.39 is 23.6 Å². The summed E-state index contributed by atoms with van der Waals surface area (Å²) in [6.45, 7) is 1.66. The van der Waals surface area contributed by atoms with Crippen molar-refractivity contribution in [3.8, 4) is 0 Å². The van der Waals surface area contributed by atoms with Crippen molar-refractivity contribution in [2.75, 3.05) is 33.7 Å². The van der Waals surface area contributed by atoms with E-state index in [2.05, 4.69) is 5.32 Å². The highest BCUT2D eigenvalue weighted by Gasteiger charge is 2.29. The normalized spacial score (nSPS) is 15.6. The molecule has 1 aliphatic rings. The molecule has 2 rings (SSSR count). The molecule has 1 fully saturated rings. The first-order valence-electron chi connectivity index (χ1n) is 8.07. The highest BCUT2D eigenvalue weighted by atomic mass is 19.1. The van der Waals surface area contributed by atoms with Crippen LogP contribution in [0.3, 0.4) is 0 Å². The van der Waals surface area contributed by atoms with Gasteiger partial charge in [-0.2, -0.15) is 0 Å². The zero-order valence-electron chi connectivity index (χ0n) is 14.0. The molecular formula is C17H23F2N3O2. The summed E-state index contributed by atoms with van der Waals surface area (Å²) in [7, 11) is 3.15. The van der Waals surface area contributed by atoms with Crippen LogP contribution in [0.4, 0.5) is 8.78 Å². The summed E-state index contributed by atoms with van der Waals surface area (Å²) in [5.41, 5.74) is -0.286. The van der Waals surface area contributed by atoms with E-state index in [9.17, 15) is 18.4 Å². The first-order valence-corrected chi connectivity index (χ1v) is 8.07. The number of hydrogen-bond acceptors (Lipinski definition) is 3. The van der Waals surface area contributed by atoms with Gasteiger partial charge in [-0.15, -0.1) is 0 Å². The molecule has 2 amide bonds. The highest BCUT2D eigenvalue weighted by molar-refractivity contribution is 5.84. The molecule has 1 aliphatic heterocycles. The minimum atomic E-state index is -1.09. The van der Waals surface area contributed by atoms with E-state index in [1.165, 1.54) is 11.0 Å². The van der Waals surface area contributed by atoms with E-state index in [-0.39, 0.29) is 24.4 Å². The Morgan fingerprint density at radius 1 is 1.21 bits per heavy atom. The van der Waals surface area contributed by atoms with Crippen molar-refractivity contribution in [2.24, 2.45) is 0 Å². The van der Waals surface area contributed by atoms with E-state index in [1.54, 1.807) is 19.0 Å². The van der Waals surface area contributed by atoms with Gasteiger partial charge >= 0.3 is 0 Å². The number of nitrogens with one attached hydrogen (secondary N) is 1. The Balaban J connectivity index is 1.98. The second-order valence-corrected chi connectivity index (χ2v) is 6.13. The Labute approximate surface area is 140 Å². The lowest BCUT2D eigenvalue weighted by molar-refractivity contribution is -0.130. The van der Waals surface area contributed by atoms with Crippen molar-refractivity contribution < 1.29 is 18.4 Å². The van der Waals surface area contributed by atoms with Crippen LogP contribution in [0, 0.1) is 11.6 Å². The quantitative estimate of drug-likeness (QED) is 0.858. The zero-order valence-corrected chi connectivity index (χ0v) is 14.0. The molecule has 7 heteroatoms. The van der Waals surface area contributed by atoms with Crippen LogP contribution < -0.4 is 5.32 Å². The second kappa shape index (κ2) is 8.19. The number of carbonyl (C=O) groups is 2. The van der Waals surface area contributed by atoms with E-state index in [4.69, 9.17) is 0 Å². The Kier molecular flexibility index (Phi) is 6.25. The first-order chi connectivity index (χ1) is 11.4. The van der Waals surface area contributed by atoms with E-state index in [1.807, 2.05) is 0 Å². The van der Waals surface area contributed by atoms with Gasteiger partial charge in [-0.1, -0.05) is 6.07 Å². The van der Waals surface area contributed by atoms with Crippen LogP contribution in [-0.2, 0) is 9.59 Å². The highest BCUT2D eigenvalue weighted by Crippen LogP contribution is 2.24. The van der Waals surface area contributed by atoms with Gasteiger partial charge in [-0.05, 0) is 39.1 Å². The lowest BCUT2D eigenvalue weighted by atomic mass is 10.0. The summed E-state index contributed by atoms with van der Waals surface area (Å²) < 4.78 is 27.9. The van der Waals surface area contributed by atoms with E-state index in [0.29, 0.717) is 0 Å². The predicted octanol–water partition coefficient (Wildman–Crippen LogP) is 1.70. The number of likely N-dealkylation sites (tertiary alicyclic amines) is 1. The maximum atomic E-state index is 14.0. The lowest BCUT2D eigenvalue weighted by Crippen LogP contribution is -2.40. The number of carbonyl (C=O) groups excluding carboxylic acids is 2. The number of likely N-dealkylation sites (N-methyl/N-ethyl adjacent to an activating group) is 1. The molecule has 1 atom stereocenters. The van der Waals surface area contributed by atoms with Crippen LogP contribution in [0.1, 0.15) is 30.9 Å². The number of nitrogens with zero attached hydrogens (tertiary/aromatic N) is 2. The van der Waals surface area contributed by atoms with E-state index >= 15 is 0 Å². The maximum absolute atomic E-state index is 14.0. The lowest BCUT2D eigenvalue weighted by Gasteiger charge is -2.24. The average molecular weight is 339 g/mol. The van der Waals surface area contributed by atoms with Crippen LogP contribution >= 0.6 is 0 Å². The van der Waals surface area contributed by atoms with Gasteiger partial charge in [0.2, 0.25) is 11.8 Å². The predicted molar refractivity (Wildman–Crippen MR) is 86.2 cm³/mol. The largest absolute Gasteiger partial charge is 0.354 e. The van der Waals surface area contributed by atoms with Crippen LogP contribution in [0.5, 0.6) is 0 Å². The van der Waals surface area contributed by atoms with Crippen molar-refractivity contribution >= 4 is 11.8 Å². The smallest absolute Gasteiger partial charge is 0.242 e. The van der Waals surface area contributed by atoms with Gasteiger partial charge in [0, 0.05) is 26.1 Å². The number of hydrogen-bond donors (Lipinski definition) is 1. The zero-order chi connectivity index (χ0) is 17.7. The standard InChI is InChI=1S/C17H23F2N3O2/c1-21(2)16(15-12(18)6-5-7-13(15)19)17(24)20-9-8-14(23)22-10-3-4-11-22/h5-7,16H,3-4,8-11H2,1-2H3,(H,20,24)/t16-/m0/s1. The average Bonchev–Trinajstić information content (AvgIpc) is 3.04. The molecule has 0 spiro atoms. The van der Waals surface area contributed by atoms with Crippen molar-refractivity contribution in [2.45, 2.75) is 25.3 Å². The molecule has 5 nitrogen and oxygen atoms in total. The number of amides is 2. The minimum absolute atomic E-state index is 0.00808. The van der Waals surface area contributed by atoms with Gasteiger partial charge in [0.1, 0.15) is 17.7 Å². The van der Waals surface area contributed by atoms with Crippen LogP contribution in [0.2, 0.25) is 0 Å². The summed E-state index contributed by atoms with van der Waals surface area (Å²) in [6, 6.07) is 2.42. The van der Waals surface area contributed by atoms with Crippen molar-refractivity contribution in [3.63, 3.8) is 0 Å². The molecule has 132 valence electrons. The maximum Gasteiger partial charge on any atom is 0.242 e. The fourth-order valence-electron chi connectivity index (χ4n) is 2.91. The molecule has 0 bridgehead atoms. The number of rotatable bonds is 6. The third-order valence-electron chi connectivity index (χ3n) is 4.13. The van der Waals surface area contributed by atoms with Crippen molar-refractivity contribution in [1.29, 1.82) is 0 Å². The summed E-state index contributed by atoms with van der Waals surface area (Å²) in [4.78, 5) is 27.5. The third-order valence-corrected chi connectivity index (χ3v) is 4.13. The molecule has 0 aliphatic carbocycles. The molecule has 24 heavy (non-hydrogen) atoms. The minimum Gasteiger partial charge on any atom is -0.354 e.